The van der Waals surface area contributed by atoms with E-state index in [4.69, 9.17) is 0 Å². The second-order valence-corrected chi connectivity index (χ2v) is 7.93. The van der Waals surface area contributed by atoms with Crippen LogP contribution in [-0.2, 0) is 5.41 Å². The summed E-state index contributed by atoms with van der Waals surface area (Å²) in [5.41, 5.74) is 4.34. The summed E-state index contributed by atoms with van der Waals surface area (Å²) < 4.78 is 0. The number of carbonyl (C=O) groups excluding carboxylic acids is 1. The molecule has 0 aliphatic rings. The van der Waals surface area contributed by atoms with Gasteiger partial charge in [-0.25, -0.2) is 4.98 Å². The van der Waals surface area contributed by atoms with Crippen molar-refractivity contribution in [1.82, 2.24) is 9.97 Å². The number of aromatic nitrogens is 2. The van der Waals surface area contributed by atoms with Crippen molar-refractivity contribution in [2.24, 2.45) is 0 Å². The third-order valence-corrected chi connectivity index (χ3v) is 4.59. The standard InChI is InChI=1S/C19H21N3OS/c1-11-6-7-15-13(8-11)14(9-12(2)20-15)17(23)22-18-21-16(10-24-18)19(3,4)5/h6-10H,1-5H3,(H,21,22,23). The molecule has 0 radical (unpaired) electrons. The molecule has 5 heteroatoms. The molecule has 124 valence electrons. The van der Waals surface area contributed by atoms with Crippen molar-refractivity contribution in [3.8, 4) is 0 Å². The minimum atomic E-state index is -0.147. The maximum Gasteiger partial charge on any atom is 0.258 e. The number of anilines is 1. The van der Waals surface area contributed by atoms with E-state index in [2.05, 4.69) is 36.1 Å². The number of thiazole rings is 1. The third-order valence-electron chi connectivity index (χ3n) is 3.83. The van der Waals surface area contributed by atoms with Gasteiger partial charge in [0.25, 0.3) is 5.91 Å². The maximum absolute atomic E-state index is 12.8. The monoisotopic (exact) mass is 339 g/mol. The molecule has 0 spiro atoms. The molecule has 3 rings (SSSR count). The molecule has 0 unspecified atom stereocenters. The number of amides is 1. The molecule has 0 saturated heterocycles. The SMILES string of the molecule is Cc1ccc2nc(C)cc(C(=O)Nc3nc(C(C)(C)C)cs3)c2c1. The molecule has 24 heavy (non-hydrogen) atoms. The van der Waals surface area contributed by atoms with Gasteiger partial charge in [-0.15, -0.1) is 11.3 Å². The Kier molecular flexibility index (Phi) is 4.13. The molecule has 0 saturated carbocycles. The average molecular weight is 339 g/mol. The average Bonchev–Trinajstić information content (AvgIpc) is 2.95. The van der Waals surface area contributed by atoms with Crippen molar-refractivity contribution >= 4 is 33.3 Å². The molecule has 2 heterocycles. The van der Waals surface area contributed by atoms with Gasteiger partial charge in [-0.2, -0.15) is 0 Å². The molecular formula is C19H21N3OS. The fourth-order valence-electron chi connectivity index (χ4n) is 2.50. The summed E-state index contributed by atoms with van der Waals surface area (Å²) in [6.07, 6.45) is 0. The number of fused-ring (bicyclic) bond motifs is 1. The molecule has 0 bridgehead atoms. The van der Waals surface area contributed by atoms with Crippen LogP contribution in [0.3, 0.4) is 0 Å². The van der Waals surface area contributed by atoms with Gasteiger partial charge < -0.3 is 0 Å². The van der Waals surface area contributed by atoms with Gasteiger partial charge >= 0.3 is 0 Å². The lowest BCUT2D eigenvalue weighted by atomic mass is 9.93. The summed E-state index contributed by atoms with van der Waals surface area (Å²) in [6, 6.07) is 7.79. The van der Waals surface area contributed by atoms with Gasteiger partial charge in [-0.3, -0.25) is 15.1 Å². The van der Waals surface area contributed by atoms with Crippen LogP contribution >= 0.6 is 11.3 Å². The van der Waals surface area contributed by atoms with E-state index in [-0.39, 0.29) is 11.3 Å². The minimum Gasteiger partial charge on any atom is -0.298 e. The summed E-state index contributed by atoms with van der Waals surface area (Å²) in [5, 5.41) is 6.42. The predicted molar refractivity (Wildman–Crippen MR) is 100.0 cm³/mol. The summed E-state index contributed by atoms with van der Waals surface area (Å²) in [5.74, 6) is -0.147. The van der Waals surface area contributed by atoms with Crippen molar-refractivity contribution in [2.75, 3.05) is 5.32 Å². The van der Waals surface area contributed by atoms with E-state index in [1.807, 2.05) is 43.5 Å². The Balaban J connectivity index is 1.97. The van der Waals surface area contributed by atoms with Gasteiger partial charge in [0.1, 0.15) is 0 Å². The number of pyridine rings is 1. The lowest BCUT2D eigenvalue weighted by Gasteiger charge is -2.14. The third kappa shape index (κ3) is 3.31. The molecule has 3 aromatic rings. The number of aryl methyl sites for hydroxylation is 2. The highest BCUT2D eigenvalue weighted by atomic mass is 32.1. The van der Waals surface area contributed by atoms with Crippen LogP contribution in [0.4, 0.5) is 5.13 Å². The topological polar surface area (TPSA) is 54.9 Å². The highest BCUT2D eigenvalue weighted by Gasteiger charge is 2.19. The van der Waals surface area contributed by atoms with Crippen molar-refractivity contribution in [2.45, 2.75) is 40.0 Å². The summed E-state index contributed by atoms with van der Waals surface area (Å²) in [7, 11) is 0. The molecule has 1 aromatic carbocycles. The predicted octanol–water partition coefficient (Wildman–Crippen LogP) is 4.86. The molecular weight excluding hydrogens is 318 g/mol. The smallest absolute Gasteiger partial charge is 0.258 e. The number of benzene rings is 1. The summed E-state index contributed by atoms with van der Waals surface area (Å²) in [4.78, 5) is 21.8. The Hall–Kier alpha value is -2.27. The molecule has 0 fully saturated rings. The first-order valence-electron chi connectivity index (χ1n) is 7.89. The van der Waals surface area contributed by atoms with Crippen LogP contribution in [0, 0.1) is 13.8 Å². The van der Waals surface area contributed by atoms with E-state index in [0.29, 0.717) is 10.7 Å². The Bertz CT molecular complexity index is 922. The van der Waals surface area contributed by atoms with Crippen LogP contribution in [0.5, 0.6) is 0 Å². The number of hydrogen-bond donors (Lipinski definition) is 1. The zero-order chi connectivity index (χ0) is 17.5. The van der Waals surface area contributed by atoms with E-state index in [0.717, 1.165) is 27.9 Å². The maximum atomic E-state index is 12.8. The van der Waals surface area contributed by atoms with E-state index < -0.39 is 0 Å². The normalized spacial score (nSPS) is 11.7. The summed E-state index contributed by atoms with van der Waals surface area (Å²) in [6.45, 7) is 10.2. The van der Waals surface area contributed by atoms with Gasteiger partial charge in [0.15, 0.2) is 5.13 Å². The van der Waals surface area contributed by atoms with E-state index in [1.54, 1.807) is 0 Å². The number of rotatable bonds is 2. The number of hydrogen-bond acceptors (Lipinski definition) is 4. The molecule has 4 nitrogen and oxygen atoms in total. The van der Waals surface area contributed by atoms with Crippen LogP contribution in [0.15, 0.2) is 29.6 Å². The summed E-state index contributed by atoms with van der Waals surface area (Å²) >= 11 is 1.45. The van der Waals surface area contributed by atoms with E-state index in [9.17, 15) is 4.79 Å². The highest BCUT2D eigenvalue weighted by molar-refractivity contribution is 7.14. The number of nitrogens with one attached hydrogen (secondary N) is 1. The first-order valence-corrected chi connectivity index (χ1v) is 8.77. The van der Waals surface area contributed by atoms with Crippen LogP contribution in [0.1, 0.15) is 48.1 Å². The van der Waals surface area contributed by atoms with E-state index >= 15 is 0 Å². The van der Waals surface area contributed by atoms with Gasteiger partial charge in [-0.1, -0.05) is 32.4 Å². The van der Waals surface area contributed by atoms with Crippen LogP contribution in [0.2, 0.25) is 0 Å². The Labute approximate surface area is 146 Å². The number of nitrogens with zero attached hydrogens (tertiary/aromatic N) is 2. The van der Waals surface area contributed by atoms with Crippen molar-refractivity contribution in [3.05, 3.63) is 52.2 Å². The highest BCUT2D eigenvalue weighted by Crippen LogP contribution is 2.27. The first kappa shape index (κ1) is 16.6. The fourth-order valence-corrected chi connectivity index (χ4v) is 3.43. The molecule has 0 atom stereocenters. The van der Waals surface area contributed by atoms with Crippen LogP contribution < -0.4 is 5.32 Å². The fraction of sp³-hybridized carbons (Fsp3) is 0.316. The Morgan fingerprint density at radius 2 is 1.88 bits per heavy atom. The van der Waals surface area contributed by atoms with E-state index in [1.165, 1.54) is 11.3 Å². The quantitative estimate of drug-likeness (QED) is 0.725. The van der Waals surface area contributed by atoms with Crippen LogP contribution in [0.25, 0.3) is 10.9 Å². The van der Waals surface area contributed by atoms with Crippen LogP contribution in [-0.4, -0.2) is 15.9 Å². The first-order chi connectivity index (χ1) is 11.2. The molecule has 0 aliphatic carbocycles. The zero-order valence-electron chi connectivity index (χ0n) is 14.6. The minimum absolute atomic E-state index is 0.0312. The molecule has 2 aromatic heterocycles. The van der Waals surface area contributed by atoms with Gasteiger partial charge in [0.2, 0.25) is 0 Å². The molecule has 1 N–H and O–H groups in total. The lowest BCUT2D eigenvalue weighted by molar-refractivity contribution is 0.102. The number of carbonyl (C=O) groups is 1. The zero-order valence-corrected chi connectivity index (χ0v) is 15.4. The molecule has 0 aliphatic heterocycles. The lowest BCUT2D eigenvalue weighted by Crippen LogP contribution is -2.15. The van der Waals surface area contributed by atoms with Gasteiger partial charge in [0.05, 0.1) is 16.8 Å². The van der Waals surface area contributed by atoms with Crippen molar-refractivity contribution in [1.29, 1.82) is 0 Å². The van der Waals surface area contributed by atoms with Gasteiger partial charge in [-0.05, 0) is 32.0 Å². The van der Waals surface area contributed by atoms with Crippen molar-refractivity contribution in [3.63, 3.8) is 0 Å². The molecule has 1 amide bonds. The second kappa shape index (κ2) is 5.98. The van der Waals surface area contributed by atoms with Gasteiger partial charge in [0, 0.05) is 21.9 Å². The Morgan fingerprint density at radius 1 is 1.12 bits per heavy atom. The second-order valence-electron chi connectivity index (χ2n) is 7.07. The Morgan fingerprint density at radius 3 is 2.54 bits per heavy atom. The largest absolute Gasteiger partial charge is 0.298 e. The van der Waals surface area contributed by atoms with Crippen molar-refractivity contribution < 1.29 is 4.79 Å².